The molecule has 1 fully saturated rings. The third-order valence-electron chi connectivity index (χ3n) is 5.00. The van der Waals surface area contributed by atoms with Crippen molar-refractivity contribution >= 4 is 5.91 Å². The number of halogens is 1. The molecular weight excluding hydrogens is 321 g/mol. The molecule has 1 aliphatic rings. The van der Waals surface area contributed by atoms with Crippen LogP contribution in [0.5, 0.6) is 0 Å². The number of carbonyl (C=O) groups excluding carboxylic acids is 1. The van der Waals surface area contributed by atoms with E-state index in [2.05, 4.69) is 0 Å². The van der Waals surface area contributed by atoms with Crippen molar-refractivity contribution in [3.63, 3.8) is 0 Å². The molecule has 1 aromatic carbocycles. The van der Waals surface area contributed by atoms with E-state index in [9.17, 15) is 14.3 Å². The van der Waals surface area contributed by atoms with Crippen molar-refractivity contribution in [2.45, 2.75) is 32.6 Å². The Balaban J connectivity index is 1.75. The van der Waals surface area contributed by atoms with Gasteiger partial charge in [-0.15, -0.1) is 0 Å². The highest BCUT2D eigenvalue weighted by Gasteiger charge is 2.40. The van der Waals surface area contributed by atoms with E-state index in [0.717, 1.165) is 12.0 Å². The largest absolute Gasteiger partial charge is 0.468 e. The number of aliphatic hydroxyl groups excluding tert-OH is 1. The monoisotopic (exact) mass is 345 g/mol. The van der Waals surface area contributed by atoms with Gasteiger partial charge < -0.3 is 14.4 Å². The molecule has 0 spiro atoms. The van der Waals surface area contributed by atoms with Crippen LogP contribution < -0.4 is 0 Å². The second kappa shape index (κ2) is 7.00. The summed E-state index contributed by atoms with van der Waals surface area (Å²) < 4.78 is 18.6. The Labute approximate surface area is 147 Å². The van der Waals surface area contributed by atoms with Crippen LogP contribution in [0.3, 0.4) is 0 Å². The lowest BCUT2D eigenvalue weighted by Gasteiger charge is -2.27. The minimum atomic E-state index is -0.380. The fraction of sp³-hybridized carbons (Fsp3) is 0.450. The molecule has 0 saturated carbocycles. The summed E-state index contributed by atoms with van der Waals surface area (Å²) in [5.74, 6) is 0.515. The van der Waals surface area contributed by atoms with Gasteiger partial charge >= 0.3 is 0 Å². The molecule has 5 heteroatoms. The molecule has 2 heterocycles. The van der Waals surface area contributed by atoms with Gasteiger partial charge in [0.05, 0.1) is 18.4 Å². The maximum absolute atomic E-state index is 13.1. The molecule has 1 N–H and O–H groups in total. The van der Waals surface area contributed by atoms with Crippen molar-refractivity contribution in [3.8, 4) is 0 Å². The van der Waals surface area contributed by atoms with Gasteiger partial charge in [-0.1, -0.05) is 26.0 Å². The molecule has 1 amide bonds. The normalized spacial score (nSPS) is 20.4. The van der Waals surface area contributed by atoms with Gasteiger partial charge in [0, 0.05) is 24.4 Å². The number of likely N-dealkylation sites (tertiary alicyclic amines) is 1. The summed E-state index contributed by atoms with van der Waals surface area (Å²) in [6, 6.07) is 8.06. The zero-order valence-corrected chi connectivity index (χ0v) is 14.7. The fourth-order valence-corrected chi connectivity index (χ4v) is 3.59. The summed E-state index contributed by atoms with van der Waals surface area (Å²) in [4.78, 5) is 14.7. The Hall–Kier alpha value is -2.14. The summed E-state index contributed by atoms with van der Waals surface area (Å²) in [6.45, 7) is 5.07. The van der Waals surface area contributed by atoms with E-state index in [1.54, 1.807) is 29.4 Å². The average Bonchev–Trinajstić information content (AvgIpc) is 3.24. The average molecular weight is 345 g/mol. The number of hydrogen-bond donors (Lipinski definition) is 1. The first-order valence-corrected chi connectivity index (χ1v) is 8.66. The second-order valence-corrected chi connectivity index (χ2v) is 7.29. The first-order chi connectivity index (χ1) is 11.9. The highest BCUT2D eigenvalue weighted by atomic mass is 19.1. The van der Waals surface area contributed by atoms with E-state index in [0.29, 0.717) is 30.8 Å². The summed E-state index contributed by atoms with van der Waals surface area (Å²) in [5, 5.41) is 9.97. The van der Waals surface area contributed by atoms with E-state index in [1.165, 1.54) is 12.1 Å². The van der Waals surface area contributed by atoms with Crippen LogP contribution in [-0.4, -0.2) is 35.6 Å². The van der Waals surface area contributed by atoms with Crippen LogP contribution in [-0.2, 0) is 6.42 Å². The van der Waals surface area contributed by atoms with Crippen LogP contribution in [0.1, 0.15) is 47.9 Å². The van der Waals surface area contributed by atoms with Crippen molar-refractivity contribution in [1.29, 1.82) is 0 Å². The third-order valence-corrected chi connectivity index (χ3v) is 5.00. The van der Waals surface area contributed by atoms with Crippen LogP contribution in [0, 0.1) is 11.2 Å². The molecule has 0 aliphatic carbocycles. The molecule has 134 valence electrons. The van der Waals surface area contributed by atoms with Crippen LogP contribution in [0.25, 0.3) is 0 Å². The van der Waals surface area contributed by atoms with Crippen LogP contribution in [0.15, 0.2) is 41.0 Å². The Bertz CT molecular complexity index is 738. The standard InChI is InChI=1S/C20H24FNO3/c1-14(2)18-17(7-10-25-18)19(24)22-9-8-20(12-22,13-23)11-15-3-5-16(21)6-4-15/h3-7,10,14,23H,8-9,11-13H2,1-2H3. The number of amides is 1. The van der Waals surface area contributed by atoms with Crippen molar-refractivity contribution < 1.29 is 18.7 Å². The molecule has 1 saturated heterocycles. The number of carbonyl (C=O) groups is 1. The summed E-state index contributed by atoms with van der Waals surface area (Å²) in [7, 11) is 0. The van der Waals surface area contributed by atoms with Gasteiger partial charge in [0.25, 0.3) is 5.91 Å². The number of furan rings is 1. The van der Waals surface area contributed by atoms with E-state index < -0.39 is 0 Å². The Morgan fingerprint density at radius 2 is 2.04 bits per heavy atom. The van der Waals surface area contributed by atoms with Crippen LogP contribution in [0.2, 0.25) is 0 Å². The van der Waals surface area contributed by atoms with Gasteiger partial charge in [-0.05, 0) is 36.6 Å². The van der Waals surface area contributed by atoms with Crippen molar-refractivity contribution in [2.75, 3.05) is 19.7 Å². The van der Waals surface area contributed by atoms with Gasteiger partial charge in [0.1, 0.15) is 11.6 Å². The molecule has 0 bridgehead atoms. The van der Waals surface area contributed by atoms with Gasteiger partial charge in [0.2, 0.25) is 0 Å². The molecule has 1 aliphatic heterocycles. The Kier molecular flexibility index (Phi) is 4.95. The predicted molar refractivity (Wildman–Crippen MR) is 92.9 cm³/mol. The Morgan fingerprint density at radius 3 is 2.68 bits per heavy atom. The maximum Gasteiger partial charge on any atom is 0.257 e. The summed E-state index contributed by atoms with van der Waals surface area (Å²) in [5.41, 5.74) is 1.19. The van der Waals surface area contributed by atoms with E-state index in [-0.39, 0.29) is 29.7 Å². The van der Waals surface area contributed by atoms with Crippen molar-refractivity contribution in [3.05, 3.63) is 59.3 Å². The number of aliphatic hydroxyl groups is 1. The third kappa shape index (κ3) is 3.61. The van der Waals surface area contributed by atoms with Crippen molar-refractivity contribution in [1.82, 2.24) is 4.90 Å². The number of rotatable bonds is 5. The fourth-order valence-electron chi connectivity index (χ4n) is 3.59. The SMILES string of the molecule is CC(C)c1occc1C(=O)N1CCC(CO)(Cc2ccc(F)cc2)C1. The van der Waals surface area contributed by atoms with Crippen LogP contribution >= 0.6 is 0 Å². The topological polar surface area (TPSA) is 53.7 Å². The minimum Gasteiger partial charge on any atom is -0.468 e. The highest BCUT2D eigenvalue weighted by molar-refractivity contribution is 5.95. The summed E-state index contributed by atoms with van der Waals surface area (Å²) in [6.07, 6.45) is 2.90. The van der Waals surface area contributed by atoms with Gasteiger partial charge in [-0.25, -0.2) is 4.39 Å². The molecule has 4 nitrogen and oxygen atoms in total. The molecule has 0 radical (unpaired) electrons. The van der Waals surface area contributed by atoms with Gasteiger partial charge in [-0.3, -0.25) is 4.79 Å². The van der Waals surface area contributed by atoms with Crippen LogP contribution in [0.4, 0.5) is 4.39 Å². The van der Waals surface area contributed by atoms with Gasteiger partial charge in [-0.2, -0.15) is 0 Å². The minimum absolute atomic E-state index is 0.00339. The highest BCUT2D eigenvalue weighted by Crippen LogP contribution is 2.35. The molecule has 3 rings (SSSR count). The van der Waals surface area contributed by atoms with Gasteiger partial charge in [0.15, 0.2) is 0 Å². The zero-order valence-electron chi connectivity index (χ0n) is 14.7. The molecular formula is C20H24FNO3. The lowest BCUT2D eigenvalue weighted by Crippen LogP contribution is -2.35. The smallest absolute Gasteiger partial charge is 0.257 e. The number of benzene rings is 1. The van der Waals surface area contributed by atoms with E-state index in [4.69, 9.17) is 4.42 Å². The molecule has 1 unspecified atom stereocenters. The molecule has 1 atom stereocenters. The quantitative estimate of drug-likeness (QED) is 0.901. The maximum atomic E-state index is 13.1. The van der Waals surface area contributed by atoms with Crippen molar-refractivity contribution in [2.24, 2.45) is 5.41 Å². The second-order valence-electron chi connectivity index (χ2n) is 7.29. The number of hydrogen-bond acceptors (Lipinski definition) is 3. The first-order valence-electron chi connectivity index (χ1n) is 8.66. The lowest BCUT2D eigenvalue weighted by atomic mass is 9.81. The van der Waals surface area contributed by atoms with E-state index >= 15 is 0 Å². The molecule has 1 aromatic heterocycles. The summed E-state index contributed by atoms with van der Waals surface area (Å²) >= 11 is 0. The Morgan fingerprint density at radius 1 is 1.32 bits per heavy atom. The molecule has 2 aromatic rings. The molecule has 25 heavy (non-hydrogen) atoms. The lowest BCUT2D eigenvalue weighted by molar-refractivity contribution is 0.0737. The number of nitrogens with zero attached hydrogens (tertiary/aromatic N) is 1. The predicted octanol–water partition coefficient (Wildman–Crippen LogP) is 3.61. The zero-order chi connectivity index (χ0) is 18.0. The first kappa shape index (κ1) is 17.7. The van der Waals surface area contributed by atoms with E-state index in [1.807, 2.05) is 13.8 Å².